The fourth-order valence-electron chi connectivity index (χ4n) is 2.18. The summed E-state index contributed by atoms with van der Waals surface area (Å²) in [6.07, 6.45) is 0.0840. The first-order valence-electron chi connectivity index (χ1n) is 8.55. The number of hydrogen-bond acceptors (Lipinski definition) is 4. The highest BCUT2D eigenvalue weighted by Crippen LogP contribution is 2.21. The van der Waals surface area contributed by atoms with Crippen molar-refractivity contribution in [1.82, 2.24) is 10.7 Å². The summed E-state index contributed by atoms with van der Waals surface area (Å²) in [6.45, 7) is 3.83. The van der Waals surface area contributed by atoms with Gasteiger partial charge in [0.2, 0.25) is 5.91 Å². The molecule has 2 amide bonds. The molecule has 0 spiro atoms. The molecule has 0 bridgehead atoms. The van der Waals surface area contributed by atoms with Gasteiger partial charge in [-0.1, -0.05) is 39.7 Å². The van der Waals surface area contributed by atoms with Crippen LogP contribution >= 0.6 is 27.5 Å². The Balaban J connectivity index is 1.71. The zero-order valence-electron chi connectivity index (χ0n) is 15.6. The zero-order valence-corrected chi connectivity index (χ0v) is 17.9. The number of amides is 2. The van der Waals surface area contributed by atoms with Crippen molar-refractivity contribution in [2.75, 3.05) is 6.61 Å². The summed E-state index contributed by atoms with van der Waals surface area (Å²) >= 11 is 9.23. The number of aryl methyl sites for hydroxylation is 1. The van der Waals surface area contributed by atoms with Crippen LogP contribution in [0.4, 0.5) is 0 Å². The second-order valence-corrected chi connectivity index (χ2v) is 7.45. The van der Waals surface area contributed by atoms with Gasteiger partial charge >= 0.3 is 0 Å². The van der Waals surface area contributed by atoms with E-state index in [9.17, 15) is 9.59 Å². The molecular weight excluding hydrogens is 446 g/mol. The van der Waals surface area contributed by atoms with Crippen molar-refractivity contribution < 1.29 is 14.3 Å². The number of rotatable bonds is 8. The van der Waals surface area contributed by atoms with Crippen molar-refractivity contribution in [3.8, 4) is 5.75 Å². The molecular formula is C20H21BrClN3O3. The molecule has 2 aromatic carbocycles. The van der Waals surface area contributed by atoms with Gasteiger partial charge < -0.3 is 10.1 Å². The predicted molar refractivity (Wildman–Crippen MR) is 114 cm³/mol. The fraction of sp³-hybridized carbons (Fsp3) is 0.250. The number of benzene rings is 2. The van der Waals surface area contributed by atoms with E-state index in [4.69, 9.17) is 16.3 Å². The van der Waals surface area contributed by atoms with Crippen molar-refractivity contribution in [3.05, 3.63) is 63.1 Å². The Bertz CT molecular complexity index is 869. The lowest BCUT2D eigenvalue weighted by atomic mass is 10.2. The third kappa shape index (κ3) is 7.70. The maximum atomic E-state index is 11.9. The molecule has 8 heteroatoms. The number of hydrogen-bond donors (Lipinski definition) is 2. The largest absolute Gasteiger partial charge is 0.484 e. The standard InChI is InChI=1S/C20H21BrClN3O3/c1-13-9-17(7-8-18(13)21)28-12-20(27)25-24-14(2)10-19(26)23-11-15-3-5-16(22)6-4-15/h3-9H,10-12H2,1-2H3,(H,23,26)(H,25,27)/b24-14+. The Morgan fingerprint density at radius 1 is 1.14 bits per heavy atom. The lowest BCUT2D eigenvalue weighted by Crippen LogP contribution is -2.28. The maximum Gasteiger partial charge on any atom is 0.277 e. The Kier molecular flexibility index (Phi) is 8.47. The second-order valence-electron chi connectivity index (χ2n) is 6.16. The molecule has 6 nitrogen and oxygen atoms in total. The maximum absolute atomic E-state index is 11.9. The van der Waals surface area contributed by atoms with E-state index in [1.807, 2.05) is 31.2 Å². The van der Waals surface area contributed by atoms with Crippen LogP contribution in [0.25, 0.3) is 0 Å². The minimum Gasteiger partial charge on any atom is -0.484 e. The smallest absolute Gasteiger partial charge is 0.277 e. The molecule has 0 atom stereocenters. The van der Waals surface area contributed by atoms with Gasteiger partial charge in [0, 0.05) is 21.8 Å². The van der Waals surface area contributed by atoms with Gasteiger partial charge in [-0.2, -0.15) is 5.10 Å². The lowest BCUT2D eigenvalue weighted by molar-refractivity contribution is -0.123. The summed E-state index contributed by atoms with van der Waals surface area (Å²) in [4.78, 5) is 23.8. The van der Waals surface area contributed by atoms with E-state index in [0.29, 0.717) is 23.0 Å². The van der Waals surface area contributed by atoms with E-state index in [0.717, 1.165) is 15.6 Å². The topological polar surface area (TPSA) is 79.8 Å². The van der Waals surface area contributed by atoms with Crippen LogP contribution in [0, 0.1) is 6.92 Å². The minimum absolute atomic E-state index is 0.0840. The van der Waals surface area contributed by atoms with Crippen LogP contribution in [-0.4, -0.2) is 24.1 Å². The molecule has 2 aromatic rings. The molecule has 2 rings (SSSR count). The highest BCUT2D eigenvalue weighted by Gasteiger charge is 2.06. The molecule has 2 N–H and O–H groups in total. The normalized spacial score (nSPS) is 11.1. The predicted octanol–water partition coefficient (Wildman–Crippen LogP) is 3.99. The van der Waals surface area contributed by atoms with Gasteiger partial charge in [0.1, 0.15) is 5.75 Å². The number of carbonyl (C=O) groups is 2. The molecule has 0 radical (unpaired) electrons. The monoisotopic (exact) mass is 465 g/mol. The van der Waals surface area contributed by atoms with Gasteiger partial charge in [0.15, 0.2) is 6.61 Å². The third-order valence-corrected chi connectivity index (χ3v) is 4.83. The Labute approximate surface area is 177 Å². The van der Waals surface area contributed by atoms with Crippen molar-refractivity contribution in [1.29, 1.82) is 0 Å². The number of ether oxygens (including phenoxy) is 1. The van der Waals surface area contributed by atoms with Crippen LogP contribution in [0.2, 0.25) is 5.02 Å². The van der Waals surface area contributed by atoms with Gasteiger partial charge in [0.25, 0.3) is 5.91 Å². The average molecular weight is 467 g/mol. The van der Waals surface area contributed by atoms with Crippen molar-refractivity contribution >= 4 is 45.1 Å². The van der Waals surface area contributed by atoms with Crippen molar-refractivity contribution in [3.63, 3.8) is 0 Å². The van der Waals surface area contributed by atoms with Crippen LogP contribution in [0.5, 0.6) is 5.75 Å². The average Bonchev–Trinajstić information content (AvgIpc) is 2.67. The Hall–Kier alpha value is -2.38. The first-order valence-corrected chi connectivity index (χ1v) is 9.72. The summed E-state index contributed by atoms with van der Waals surface area (Å²) in [7, 11) is 0. The van der Waals surface area contributed by atoms with E-state index in [2.05, 4.69) is 31.8 Å². The summed E-state index contributed by atoms with van der Waals surface area (Å²) < 4.78 is 6.39. The first kappa shape index (κ1) is 21.9. The van der Waals surface area contributed by atoms with Gasteiger partial charge in [-0.05, 0) is 55.3 Å². The molecule has 0 unspecified atom stereocenters. The summed E-state index contributed by atoms with van der Waals surface area (Å²) in [5.74, 6) is 0.00617. The Morgan fingerprint density at radius 2 is 1.86 bits per heavy atom. The number of nitrogens with one attached hydrogen (secondary N) is 2. The van der Waals surface area contributed by atoms with Gasteiger partial charge in [-0.15, -0.1) is 0 Å². The van der Waals surface area contributed by atoms with Crippen LogP contribution in [0.15, 0.2) is 52.0 Å². The van der Waals surface area contributed by atoms with Crippen LogP contribution in [0.3, 0.4) is 0 Å². The van der Waals surface area contributed by atoms with Gasteiger partial charge in [0.05, 0.1) is 6.42 Å². The van der Waals surface area contributed by atoms with Crippen molar-refractivity contribution in [2.24, 2.45) is 5.10 Å². The zero-order chi connectivity index (χ0) is 20.5. The molecule has 0 heterocycles. The number of nitrogens with zero attached hydrogens (tertiary/aromatic N) is 1. The summed E-state index contributed by atoms with van der Waals surface area (Å²) in [6, 6.07) is 12.7. The van der Waals surface area contributed by atoms with Crippen LogP contribution in [-0.2, 0) is 16.1 Å². The van der Waals surface area contributed by atoms with Crippen molar-refractivity contribution in [2.45, 2.75) is 26.8 Å². The van der Waals surface area contributed by atoms with E-state index in [-0.39, 0.29) is 18.9 Å². The molecule has 0 fully saturated rings. The molecule has 0 saturated carbocycles. The van der Waals surface area contributed by atoms with E-state index >= 15 is 0 Å². The molecule has 0 saturated heterocycles. The Morgan fingerprint density at radius 3 is 2.54 bits per heavy atom. The van der Waals surface area contributed by atoms with E-state index < -0.39 is 5.91 Å². The van der Waals surface area contributed by atoms with E-state index in [1.165, 1.54) is 0 Å². The first-order chi connectivity index (χ1) is 13.3. The van der Waals surface area contributed by atoms with Crippen LogP contribution < -0.4 is 15.5 Å². The van der Waals surface area contributed by atoms with Gasteiger partial charge in [-0.3, -0.25) is 9.59 Å². The van der Waals surface area contributed by atoms with E-state index in [1.54, 1.807) is 25.1 Å². The highest BCUT2D eigenvalue weighted by molar-refractivity contribution is 9.10. The second kappa shape index (κ2) is 10.8. The lowest BCUT2D eigenvalue weighted by Gasteiger charge is -2.08. The van der Waals surface area contributed by atoms with Crippen LogP contribution in [0.1, 0.15) is 24.5 Å². The molecule has 0 aliphatic rings. The number of carbonyl (C=O) groups excluding carboxylic acids is 2. The number of halogens is 2. The SMILES string of the molecule is C/C(CC(=O)NCc1ccc(Cl)cc1)=N\NC(=O)COc1ccc(Br)c(C)c1. The summed E-state index contributed by atoms with van der Waals surface area (Å²) in [5.41, 5.74) is 4.83. The minimum atomic E-state index is -0.401. The quantitative estimate of drug-likeness (QED) is 0.456. The third-order valence-electron chi connectivity index (χ3n) is 3.69. The summed E-state index contributed by atoms with van der Waals surface area (Å²) in [5, 5.41) is 7.36. The molecule has 0 aliphatic heterocycles. The number of hydrazone groups is 1. The highest BCUT2D eigenvalue weighted by atomic mass is 79.9. The molecule has 148 valence electrons. The van der Waals surface area contributed by atoms with Gasteiger partial charge in [-0.25, -0.2) is 5.43 Å². The molecule has 28 heavy (non-hydrogen) atoms. The fourth-order valence-corrected chi connectivity index (χ4v) is 2.56. The molecule has 0 aromatic heterocycles. The molecule has 0 aliphatic carbocycles.